The second-order valence-electron chi connectivity index (χ2n) is 4.75. The molecule has 4 nitrogen and oxygen atoms in total. The van der Waals surface area contributed by atoms with Gasteiger partial charge in [0, 0.05) is 19.2 Å². The number of aliphatic hydroxyl groups excluding tert-OH is 1. The average molecular weight is 286 g/mol. The van der Waals surface area contributed by atoms with Crippen molar-refractivity contribution in [2.75, 3.05) is 19.8 Å². The third-order valence-corrected chi connectivity index (χ3v) is 3.39. The Morgan fingerprint density at radius 3 is 2.95 bits per heavy atom. The van der Waals surface area contributed by atoms with Crippen LogP contribution in [0.5, 0.6) is 11.5 Å². The van der Waals surface area contributed by atoms with Crippen molar-refractivity contribution in [3.05, 3.63) is 22.7 Å². The van der Waals surface area contributed by atoms with E-state index in [0.29, 0.717) is 30.0 Å². The Labute approximate surface area is 118 Å². The number of benzene rings is 1. The van der Waals surface area contributed by atoms with Crippen LogP contribution in [0.4, 0.5) is 0 Å². The molecule has 0 aromatic heterocycles. The van der Waals surface area contributed by atoms with Gasteiger partial charge >= 0.3 is 0 Å². The lowest BCUT2D eigenvalue weighted by molar-refractivity contribution is 0.171. The maximum absolute atomic E-state index is 8.79. The van der Waals surface area contributed by atoms with E-state index >= 15 is 0 Å². The average Bonchev–Trinajstić information content (AvgIpc) is 2.43. The van der Waals surface area contributed by atoms with Gasteiger partial charge in [-0.25, -0.2) is 0 Å². The Hall–Kier alpha value is -0.970. The lowest BCUT2D eigenvalue weighted by atomic mass is 10.1. The van der Waals surface area contributed by atoms with E-state index in [0.717, 1.165) is 30.7 Å². The molecule has 0 saturated heterocycles. The number of hydrogen-bond donors (Lipinski definition) is 2. The fourth-order valence-electron chi connectivity index (χ4n) is 2.06. The Balaban J connectivity index is 1.95. The third kappa shape index (κ3) is 4.00. The van der Waals surface area contributed by atoms with Crippen LogP contribution in [0.2, 0.25) is 5.02 Å². The molecule has 1 aromatic carbocycles. The van der Waals surface area contributed by atoms with Gasteiger partial charge in [0.05, 0.1) is 5.02 Å². The summed E-state index contributed by atoms with van der Waals surface area (Å²) >= 11 is 6.18. The predicted octanol–water partition coefficient (Wildman–Crippen LogP) is 2.36. The summed E-state index contributed by atoms with van der Waals surface area (Å²) in [5.74, 6) is 1.36. The summed E-state index contributed by atoms with van der Waals surface area (Å²) in [6.45, 7) is 4.18. The highest BCUT2D eigenvalue weighted by Gasteiger charge is 2.16. The summed E-state index contributed by atoms with van der Waals surface area (Å²) in [5, 5.41) is 12.8. The zero-order valence-electron chi connectivity index (χ0n) is 11.1. The fourth-order valence-corrected chi connectivity index (χ4v) is 2.35. The molecular formula is C14H20ClNO3. The van der Waals surface area contributed by atoms with Gasteiger partial charge in [0.15, 0.2) is 11.5 Å². The number of nitrogens with one attached hydrogen (secondary N) is 1. The molecule has 2 N–H and O–H groups in total. The molecule has 2 rings (SSSR count). The smallest absolute Gasteiger partial charge is 0.179 e. The van der Waals surface area contributed by atoms with Crippen LogP contribution in [0.15, 0.2) is 12.1 Å². The van der Waals surface area contributed by atoms with E-state index in [9.17, 15) is 0 Å². The first-order valence-corrected chi connectivity index (χ1v) is 7.00. The van der Waals surface area contributed by atoms with Crippen molar-refractivity contribution in [1.29, 1.82) is 0 Å². The van der Waals surface area contributed by atoms with Crippen molar-refractivity contribution >= 4 is 11.6 Å². The lowest BCUT2D eigenvalue weighted by Crippen LogP contribution is -2.25. The van der Waals surface area contributed by atoms with Crippen molar-refractivity contribution in [1.82, 2.24) is 5.32 Å². The molecule has 0 aliphatic carbocycles. The van der Waals surface area contributed by atoms with Crippen molar-refractivity contribution in [2.24, 2.45) is 0 Å². The molecule has 106 valence electrons. The van der Waals surface area contributed by atoms with Crippen molar-refractivity contribution in [2.45, 2.75) is 32.4 Å². The van der Waals surface area contributed by atoms with E-state index < -0.39 is 0 Å². The molecule has 0 spiro atoms. The standard InChI is InChI=1S/C14H20ClNO3/c1-10(3-2-4-17)16-9-11-7-12(15)14-13(8-11)18-5-6-19-14/h7-8,10,16-17H,2-6,9H2,1H3. The quantitative estimate of drug-likeness (QED) is 0.842. The third-order valence-electron chi connectivity index (χ3n) is 3.11. The second kappa shape index (κ2) is 6.98. The molecule has 1 aliphatic heterocycles. The van der Waals surface area contributed by atoms with Gasteiger partial charge < -0.3 is 19.9 Å². The van der Waals surface area contributed by atoms with Crippen LogP contribution in [0.1, 0.15) is 25.3 Å². The minimum atomic E-state index is 0.238. The highest BCUT2D eigenvalue weighted by Crippen LogP contribution is 2.38. The zero-order valence-corrected chi connectivity index (χ0v) is 11.9. The van der Waals surface area contributed by atoms with Crippen LogP contribution in [-0.2, 0) is 6.54 Å². The molecule has 1 atom stereocenters. The van der Waals surface area contributed by atoms with Crippen LogP contribution in [0.3, 0.4) is 0 Å². The summed E-state index contributed by atoms with van der Waals surface area (Å²) in [7, 11) is 0. The molecule has 1 heterocycles. The molecule has 1 aromatic rings. The Bertz CT molecular complexity index is 425. The van der Waals surface area contributed by atoms with Gasteiger partial charge in [0.25, 0.3) is 0 Å². The SMILES string of the molecule is CC(CCCO)NCc1cc(Cl)c2c(c1)OCCO2. The number of halogens is 1. The first-order chi connectivity index (χ1) is 9.20. The van der Waals surface area contributed by atoms with Crippen LogP contribution in [0, 0.1) is 0 Å². The maximum Gasteiger partial charge on any atom is 0.179 e. The number of fused-ring (bicyclic) bond motifs is 1. The molecule has 0 fully saturated rings. The molecular weight excluding hydrogens is 266 g/mol. The Morgan fingerprint density at radius 2 is 2.16 bits per heavy atom. The molecule has 0 saturated carbocycles. The normalized spacial score (nSPS) is 15.3. The van der Waals surface area contributed by atoms with Gasteiger partial charge in [-0.3, -0.25) is 0 Å². The summed E-state index contributed by atoms with van der Waals surface area (Å²) in [5.41, 5.74) is 1.07. The van der Waals surface area contributed by atoms with Crippen molar-refractivity contribution in [3.63, 3.8) is 0 Å². The van der Waals surface area contributed by atoms with Crippen LogP contribution < -0.4 is 14.8 Å². The predicted molar refractivity (Wildman–Crippen MR) is 75.1 cm³/mol. The number of hydrogen-bond acceptors (Lipinski definition) is 4. The van der Waals surface area contributed by atoms with Gasteiger partial charge in [0.2, 0.25) is 0 Å². The van der Waals surface area contributed by atoms with Crippen molar-refractivity contribution in [3.8, 4) is 11.5 Å². The van der Waals surface area contributed by atoms with Crippen LogP contribution >= 0.6 is 11.6 Å². The fraction of sp³-hybridized carbons (Fsp3) is 0.571. The second-order valence-corrected chi connectivity index (χ2v) is 5.16. The van der Waals surface area contributed by atoms with E-state index in [4.69, 9.17) is 26.2 Å². The number of ether oxygens (including phenoxy) is 2. The van der Waals surface area contributed by atoms with Gasteiger partial charge in [-0.15, -0.1) is 0 Å². The minimum Gasteiger partial charge on any atom is -0.486 e. The van der Waals surface area contributed by atoms with Crippen LogP contribution in [-0.4, -0.2) is 31.0 Å². The molecule has 19 heavy (non-hydrogen) atoms. The van der Waals surface area contributed by atoms with Gasteiger partial charge in [-0.05, 0) is 37.5 Å². The first kappa shape index (κ1) is 14.4. The summed E-state index contributed by atoms with van der Waals surface area (Å²) in [4.78, 5) is 0. The van der Waals surface area contributed by atoms with E-state index in [1.54, 1.807) is 0 Å². The molecule has 0 bridgehead atoms. The topological polar surface area (TPSA) is 50.7 Å². The van der Waals surface area contributed by atoms with Gasteiger partial charge in [0.1, 0.15) is 13.2 Å². The molecule has 5 heteroatoms. The summed E-state index contributed by atoms with van der Waals surface area (Å²) in [6, 6.07) is 4.23. The number of rotatable bonds is 6. The maximum atomic E-state index is 8.79. The molecule has 0 amide bonds. The van der Waals surface area contributed by atoms with E-state index in [2.05, 4.69) is 12.2 Å². The Kier molecular flexibility index (Phi) is 5.31. The number of aliphatic hydroxyl groups is 1. The van der Waals surface area contributed by atoms with Gasteiger partial charge in [-0.1, -0.05) is 11.6 Å². The van der Waals surface area contributed by atoms with E-state index in [1.807, 2.05) is 12.1 Å². The zero-order chi connectivity index (χ0) is 13.7. The summed E-state index contributed by atoms with van der Waals surface area (Å²) in [6.07, 6.45) is 1.77. The van der Waals surface area contributed by atoms with Crippen LogP contribution in [0.25, 0.3) is 0 Å². The highest BCUT2D eigenvalue weighted by molar-refractivity contribution is 6.32. The molecule has 0 radical (unpaired) electrons. The minimum absolute atomic E-state index is 0.238. The molecule has 1 unspecified atom stereocenters. The van der Waals surface area contributed by atoms with Gasteiger partial charge in [-0.2, -0.15) is 0 Å². The van der Waals surface area contributed by atoms with E-state index in [-0.39, 0.29) is 6.61 Å². The summed E-state index contributed by atoms with van der Waals surface area (Å²) < 4.78 is 11.0. The van der Waals surface area contributed by atoms with Crippen molar-refractivity contribution < 1.29 is 14.6 Å². The Morgan fingerprint density at radius 1 is 1.37 bits per heavy atom. The first-order valence-electron chi connectivity index (χ1n) is 6.63. The molecule has 1 aliphatic rings. The van der Waals surface area contributed by atoms with E-state index in [1.165, 1.54) is 0 Å². The lowest BCUT2D eigenvalue weighted by Gasteiger charge is -2.21. The highest BCUT2D eigenvalue weighted by atomic mass is 35.5. The largest absolute Gasteiger partial charge is 0.486 e. The monoisotopic (exact) mass is 285 g/mol.